The Kier molecular flexibility index (Phi) is 5.29. The number of methoxy groups -OCH3 is 1. The van der Waals surface area contributed by atoms with Crippen LogP contribution in [-0.2, 0) is 14.4 Å². The number of hydrogen-bond donors (Lipinski definition) is 1. The van der Waals surface area contributed by atoms with Crippen LogP contribution in [0.15, 0.2) is 30.3 Å². The third-order valence-corrected chi connectivity index (χ3v) is 2.31. The predicted molar refractivity (Wildman–Crippen MR) is 62.9 cm³/mol. The number of aliphatic carboxylic acids is 1. The van der Waals surface area contributed by atoms with Crippen molar-refractivity contribution in [2.24, 2.45) is 0 Å². The highest BCUT2D eigenvalue weighted by Gasteiger charge is 2.30. The van der Waals surface area contributed by atoms with Crippen LogP contribution in [-0.4, -0.2) is 48.9 Å². The maximum atomic E-state index is 12.1. The molecule has 1 rings (SSSR count). The molecule has 0 spiro atoms. The summed E-state index contributed by atoms with van der Waals surface area (Å²) < 4.78 is 4.78. The number of carboxylic acid groups (broad SMARTS) is 1. The lowest BCUT2D eigenvalue weighted by molar-refractivity contribution is -0.171. The lowest BCUT2D eigenvalue weighted by Gasteiger charge is -2.25. The fraction of sp³-hybridized carbons (Fsp3) is 0.333. The molecule has 0 aliphatic carbocycles. The van der Waals surface area contributed by atoms with Gasteiger partial charge in [-0.15, -0.1) is 0 Å². The van der Waals surface area contributed by atoms with Crippen LogP contribution >= 0.6 is 0 Å². The molecule has 0 aliphatic rings. The summed E-state index contributed by atoms with van der Waals surface area (Å²) in [4.78, 5) is 28.0. The highest BCUT2D eigenvalue weighted by atomic mass is 16.7. The van der Waals surface area contributed by atoms with E-state index in [4.69, 9.17) is 14.7 Å². The van der Waals surface area contributed by atoms with Gasteiger partial charge >= 0.3 is 5.97 Å². The second-order valence-corrected chi connectivity index (χ2v) is 3.49. The van der Waals surface area contributed by atoms with Crippen molar-refractivity contribution in [3.05, 3.63) is 35.9 Å². The average molecular weight is 253 g/mol. The van der Waals surface area contributed by atoms with Crippen LogP contribution in [0.3, 0.4) is 0 Å². The maximum Gasteiger partial charge on any atom is 0.331 e. The molecule has 0 heterocycles. The van der Waals surface area contributed by atoms with E-state index in [0.717, 1.165) is 5.06 Å². The number of hydroxylamine groups is 2. The molecule has 98 valence electrons. The molecule has 6 nitrogen and oxygen atoms in total. The van der Waals surface area contributed by atoms with Crippen molar-refractivity contribution in [1.29, 1.82) is 0 Å². The highest BCUT2D eigenvalue weighted by molar-refractivity contribution is 5.95. The van der Waals surface area contributed by atoms with Crippen LogP contribution in [0.1, 0.15) is 10.4 Å². The molecule has 0 aliphatic heterocycles. The van der Waals surface area contributed by atoms with E-state index in [1.807, 2.05) is 0 Å². The van der Waals surface area contributed by atoms with Gasteiger partial charge in [0.15, 0.2) is 6.04 Å². The Labute approximate surface area is 105 Å². The minimum atomic E-state index is -1.19. The van der Waals surface area contributed by atoms with Crippen molar-refractivity contribution in [2.45, 2.75) is 6.04 Å². The van der Waals surface area contributed by atoms with Gasteiger partial charge in [0.1, 0.15) is 0 Å². The van der Waals surface area contributed by atoms with E-state index in [1.54, 1.807) is 30.3 Å². The predicted octanol–water partition coefficient (Wildman–Crippen LogP) is 0.790. The molecule has 1 amide bonds. The second-order valence-electron chi connectivity index (χ2n) is 3.49. The van der Waals surface area contributed by atoms with Crippen molar-refractivity contribution in [3.63, 3.8) is 0 Å². The SMILES string of the molecule is COCC(C(=O)O)N(OC)C(=O)c1ccccc1. The number of hydrogen-bond acceptors (Lipinski definition) is 4. The number of ether oxygens (including phenoxy) is 1. The molecular formula is C12H15NO5. The monoisotopic (exact) mass is 253 g/mol. The first-order valence-electron chi connectivity index (χ1n) is 5.26. The Hall–Kier alpha value is -1.92. The van der Waals surface area contributed by atoms with Gasteiger partial charge in [-0.25, -0.2) is 9.86 Å². The fourth-order valence-electron chi connectivity index (χ4n) is 1.46. The third-order valence-electron chi connectivity index (χ3n) is 2.31. The molecule has 1 aromatic carbocycles. The molecule has 6 heteroatoms. The van der Waals surface area contributed by atoms with Gasteiger partial charge in [-0.05, 0) is 12.1 Å². The van der Waals surface area contributed by atoms with Gasteiger partial charge in [-0.2, -0.15) is 0 Å². The molecule has 1 aromatic rings. The Bertz CT molecular complexity index is 406. The van der Waals surface area contributed by atoms with E-state index in [2.05, 4.69) is 0 Å². The number of nitrogens with zero attached hydrogens (tertiary/aromatic N) is 1. The largest absolute Gasteiger partial charge is 0.480 e. The maximum absolute atomic E-state index is 12.1. The van der Waals surface area contributed by atoms with Crippen molar-refractivity contribution in [1.82, 2.24) is 5.06 Å². The lowest BCUT2D eigenvalue weighted by atomic mass is 10.2. The van der Waals surface area contributed by atoms with Crippen molar-refractivity contribution < 1.29 is 24.3 Å². The molecule has 0 saturated carbocycles. The quantitative estimate of drug-likeness (QED) is 0.758. The zero-order chi connectivity index (χ0) is 13.5. The molecule has 1 atom stereocenters. The number of rotatable bonds is 6. The van der Waals surface area contributed by atoms with E-state index < -0.39 is 17.9 Å². The molecule has 0 bridgehead atoms. The van der Waals surface area contributed by atoms with E-state index >= 15 is 0 Å². The van der Waals surface area contributed by atoms with Crippen molar-refractivity contribution in [2.75, 3.05) is 20.8 Å². The van der Waals surface area contributed by atoms with Crippen LogP contribution in [0.25, 0.3) is 0 Å². The second kappa shape index (κ2) is 6.73. The number of carbonyl (C=O) groups is 2. The van der Waals surface area contributed by atoms with E-state index in [1.165, 1.54) is 14.2 Å². The van der Waals surface area contributed by atoms with Gasteiger partial charge in [0.2, 0.25) is 0 Å². The van der Waals surface area contributed by atoms with Gasteiger partial charge in [0, 0.05) is 12.7 Å². The van der Waals surface area contributed by atoms with Crippen LogP contribution in [0, 0.1) is 0 Å². The Balaban J connectivity index is 2.94. The molecule has 0 fully saturated rings. The van der Waals surface area contributed by atoms with Crippen molar-refractivity contribution >= 4 is 11.9 Å². The Morgan fingerprint density at radius 3 is 2.33 bits per heavy atom. The first kappa shape index (κ1) is 14.1. The third kappa shape index (κ3) is 3.28. The van der Waals surface area contributed by atoms with Crippen LogP contribution in [0.2, 0.25) is 0 Å². The Morgan fingerprint density at radius 1 is 1.28 bits per heavy atom. The Morgan fingerprint density at radius 2 is 1.89 bits per heavy atom. The lowest BCUT2D eigenvalue weighted by Crippen LogP contribution is -2.47. The number of amides is 1. The number of carbonyl (C=O) groups excluding carboxylic acids is 1. The van der Waals surface area contributed by atoms with Crippen LogP contribution in [0.5, 0.6) is 0 Å². The summed E-state index contributed by atoms with van der Waals surface area (Å²) in [6.07, 6.45) is 0. The molecule has 18 heavy (non-hydrogen) atoms. The molecule has 1 N–H and O–H groups in total. The van der Waals surface area contributed by atoms with Gasteiger partial charge in [0.05, 0.1) is 13.7 Å². The number of benzene rings is 1. The minimum absolute atomic E-state index is 0.151. The highest BCUT2D eigenvalue weighted by Crippen LogP contribution is 2.09. The van der Waals surface area contributed by atoms with E-state index in [0.29, 0.717) is 5.56 Å². The topological polar surface area (TPSA) is 76.1 Å². The van der Waals surface area contributed by atoms with E-state index in [-0.39, 0.29) is 6.61 Å². The minimum Gasteiger partial charge on any atom is -0.480 e. The van der Waals surface area contributed by atoms with Crippen LogP contribution in [0.4, 0.5) is 0 Å². The van der Waals surface area contributed by atoms with Crippen LogP contribution < -0.4 is 0 Å². The summed E-state index contributed by atoms with van der Waals surface area (Å²) in [5.41, 5.74) is 0.349. The molecule has 0 saturated heterocycles. The zero-order valence-electron chi connectivity index (χ0n) is 10.2. The summed E-state index contributed by atoms with van der Waals surface area (Å²) in [7, 11) is 2.60. The summed E-state index contributed by atoms with van der Waals surface area (Å²) in [6, 6.07) is 7.12. The number of carboxylic acids is 1. The summed E-state index contributed by atoms with van der Waals surface area (Å²) in [6.45, 7) is -0.151. The molecular weight excluding hydrogens is 238 g/mol. The first-order chi connectivity index (χ1) is 8.61. The summed E-state index contributed by atoms with van der Waals surface area (Å²) >= 11 is 0. The molecule has 0 aromatic heterocycles. The van der Waals surface area contributed by atoms with Gasteiger partial charge in [-0.3, -0.25) is 9.63 Å². The summed E-state index contributed by atoms with van der Waals surface area (Å²) in [5.74, 6) is -1.72. The van der Waals surface area contributed by atoms with Gasteiger partial charge in [0.25, 0.3) is 5.91 Å². The van der Waals surface area contributed by atoms with Gasteiger partial charge in [-0.1, -0.05) is 18.2 Å². The zero-order valence-corrected chi connectivity index (χ0v) is 10.2. The average Bonchev–Trinajstić information content (AvgIpc) is 2.39. The van der Waals surface area contributed by atoms with Gasteiger partial charge < -0.3 is 9.84 Å². The normalized spacial score (nSPS) is 11.9. The standard InChI is InChI=1S/C12H15NO5/c1-17-8-10(12(15)16)13(18-2)11(14)9-6-4-3-5-7-9/h3-7,10H,8H2,1-2H3,(H,15,16). The molecule has 1 unspecified atom stereocenters. The van der Waals surface area contributed by atoms with Crippen molar-refractivity contribution in [3.8, 4) is 0 Å². The smallest absolute Gasteiger partial charge is 0.331 e. The fourth-order valence-corrected chi connectivity index (χ4v) is 1.46. The molecule has 0 radical (unpaired) electrons. The first-order valence-corrected chi connectivity index (χ1v) is 5.26. The summed E-state index contributed by atoms with van der Waals surface area (Å²) in [5, 5.41) is 9.84. The van der Waals surface area contributed by atoms with E-state index in [9.17, 15) is 9.59 Å².